The molecular weight excluding hydrogens is 193 g/mol. The minimum Gasteiger partial charge on any atom is -0.431 e. The van der Waals surface area contributed by atoms with Gasteiger partial charge in [0.25, 0.3) is 0 Å². The Morgan fingerprint density at radius 2 is 1.00 bits per heavy atom. The fourth-order valence-electron chi connectivity index (χ4n) is 2.56. The molecule has 0 aliphatic rings. The topological polar surface area (TPSA) is 3.24 Å². The van der Waals surface area contributed by atoms with Crippen LogP contribution in [0.25, 0.3) is 0 Å². The molecule has 0 rings (SSSR count). The third kappa shape index (κ3) is 3.76. The van der Waals surface area contributed by atoms with Crippen molar-refractivity contribution in [3.8, 4) is 0 Å². The molecule has 0 saturated heterocycles. The highest BCUT2D eigenvalue weighted by Crippen LogP contribution is 2.20. The smallest absolute Gasteiger partial charge is 0.351 e. The summed E-state index contributed by atoms with van der Waals surface area (Å²) in [6.07, 6.45) is 0. The van der Waals surface area contributed by atoms with Gasteiger partial charge in [-0.05, 0) is 0 Å². The summed E-state index contributed by atoms with van der Waals surface area (Å²) in [6.45, 7) is 14.9. The van der Waals surface area contributed by atoms with Gasteiger partial charge in [-0.2, -0.15) is 0 Å². The molecule has 0 atom stereocenters. The van der Waals surface area contributed by atoms with E-state index in [1.807, 2.05) is 0 Å². The largest absolute Gasteiger partial charge is 0.431 e. The molecule has 0 heterocycles. The Labute approximate surface area is 84.9 Å². The Morgan fingerprint density at radius 1 is 0.750 bits per heavy atom. The molecule has 1 nitrogen and oxygen atoms in total. The third-order valence-electron chi connectivity index (χ3n) is 1.96. The van der Waals surface area contributed by atoms with E-state index in [4.69, 9.17) is 0 Å². The molecule has 0 spiro atoms. The highest BCUT2D eigenvalue weighted by atomic mass is 28.4. The molecule has 0 aliphatic carbocycles. The molecule has 0 aromatic heterocycles. The number of nitrogens with zero attached hydrogens (tertiary/aromatic N) is 1. The van der Waals surface area contributed by atoms with Crippen LogP contribution >= 0.6 is 0 Å². The van der Waals surface area contributed by atoms with Crippen molar-refractivity contribution in [2.45, 2.75) is 50.9 Å². The molecule has 0 saturated carbocycles. The maximum Gasteiger partial charge on any atom is 0.351 e. The average molecular weight is 217 g/mol. The quantitative estimate of drug-likeness (QED) is 0.656. The Balaban J connectivity index is 4.70. The summed E-state index contributed by atoms with van der Waals surface area (Å²) in [5.74, 6) is 4.94. The molecule has 0 aromatic rings. The predicted molar refractivity (Wildman–Crippen MR) is 66.0 cm³/mol. The molecule has 0 bridgehead atoms. The van der Waals surface area contributed by atoms with E-state index < -0.39 is 30.8 Å². The first-order valence-corrected chi connectivity index (χ1v) is 14.6. The third-order valence-corrected chi connectivity index (χ3v) is 17.7. The van der Waals surface area contributed by atoms with Crippen molar-refractivity contribution < 1.29 is 0 Å². The molecule has 4 heteroatoms. The summed E-state index contributed by atoms with van der Waals surface area (Å²) in [4.78, 5) is 0. The first-order valence-electron chi connectivity index (χ1n) is 4.86. The molecule has 0 aromatic carbocycles. The van der Waals surface area contributed by atoms with Gasteiger partial charge in [-0.25, -0.2) is 0 Å². The van der Waals surface area contributed by atoms with Crippen LogP contribution in [0, 0.1) is 0 Å². The van der Waals surface area contributed by atoms with Gasteiger partial charge in [0.1, 0.15) is 0 Å². The van der Waals surface area contributed by atoms with Gasteiger partial charge in [0.05, 0.1) is 16.5 Å². The van der Waals surface area contributed by atoms with Crippen LogP contribution in [-0.4, -0.2) is 34.1 Å². The van der Waals surface area contributed by atoms with E-state index in [0.29, 0.717) is 0 Å². The van der Waals surface area contributed by atoms with E-state index in [1.54, 1.807) is 0 Å². The molecule has 0 radical (unpaired) electrons. The van der Waals surface area contributed by atoms with Crippen LogP contribution in [-0.2, 0) is 0 Å². The zero-order valence-corrected chi connectivity index (χ0v) is 13.2. The molecule has 0 amide bonds. The summed E-state index contributed by atoms with van der Waals surface area (Å²) >= 11 is -0.579. The van der Waals surface area contributed by atoms with E-state index in [-0.39, 0.29) is 0 Å². The molecule has 0 unspecified atom stereocenters. The monoisotopic (exact) mass is 217 g/mol. The van der Waals surface area contributed by atoms with Crippen molar-refractivity contribution in [2.75, 3.05) is 0 Å². The van der Waals surface area contributed by atoms with Crippen molar-refractivity contribution >= 4 is 30.8 Å². The van der Waals surface area contributed by atoms with E-state index in [1.165, 1.54) is 0 Å². The highest BCUT2D eigenvalue weighted by molar-refractivity contribution is 6.98. The second-order valence-corrected chi connectivity index (χ2v) is 19.6. The van der Waals surface area contributed by atoms with Gasteiger partial charge in [-0.3, -0.25) is 0 Å². The van der Waals surface area contributed by atoms with Crippen LogP contribution in [0.3, 0.4) is 0 Å². The maximum absolute atomic E-state index is 2.96. The summed E-state index contributed by atoms with van der Waals surface area (Å²) < 4.78 is 2.96. The Morgan fingerprint density at radius 3 is 1.00 bits per heavy atom. The fraction of sp³-hybridized carbons (Fsp3) is 1.00. The van der Waals surface area contributed by atoms with Crippen LogP contribution < -0.4 is 0 Å². The first-order chi connectivity index (χ1) is 5.07. The SMILES string of the molecule is [CH3][Al]([CH3])[N]([Si](C)(C)C)[Si](C)(C)C. The van der Waals surface area contributed by atoms with Gasteiger partial charge in [-0.1, -0.05) is 50.9 Å². The minimum absolute atomic E-state index is 0.579. The molecule has 72 valence electrons. The average Bonchev–Trinajstić information content (AvgIpc) is 1.49. The van der Waals surface area contributed by atoms with Gasteiger partial charge in [0, 0.05) is 0 Å². The molecule has 0 fully saturated rings. The van der Waals surface area contributed by atoms with Crippen molar-refractivity contribution in [3.05, 3.63) is 0 Å². The van der Waals surface area contributed by atoms with Crippen LogP contribution in [0.5, 0.6) is 0 Å². The second kappa shape index (κ2) is 3.97. The lowest BCUT2D eigenvalue weighted by Gasteiger charge is -2.46. The summed E-state index contributed by atoms with van der Waals surface area (Å²) in [5, 5.41) is 0. The molecule has 0 N–H and O–H groups in total. The summed E-state index contributed by atoms with van der Waals surface area (Å²) in [7, 11) is -2.06. The molecule has 0 aliphatic heterocycles. The summed E-state index contributed by atoms with van der Waals surface area (Å²) in [5.41, 5.74) is 0. The zero-order chi connectivity index (χ0) is 10.2. The minimum atomic E-state index is -1.03. The van der Waals surface area contributed by atoms with E-state index in [0.717, 1.165) is 0 Å². The second-order valence-electron chi connectivity index (χ2n) is 5.81. The van der Waals surface area contributed by atoms with Crippen LogP contribution in [0.4, 0.5) is 0 Å². The Bertz CT molecular complexity index is 132. The molecule has 12 heavy (non-hydrogen) atoms. The van der Waals surface area contributed by atoms with Crippen molar-refractivity contribution in [1.82, 2.24) is 3.21 Å². The normalized spacial score (nSPS) is 13.8. The lowest BCUT2D eigenvalue weighted by molar-refractivity contribution is 0.931. The van der Waals surface area contributed by atoms with Gasteiger partial charge >= 0.3 is 14.4 Å². The van der Waals surface area contributed by atoms with Crippen molar-refractivity contribution in [2.24, 2.45) is 0 Å². The summed E-state index contributed by atoms with van der Waals surface area (Å²) in [6, 6.07) is 0. The van der Waals surface area contributed by atoms with Crippen molar-refractivity contribution in [3.63, 3.8) is 0 Å². The van der Waals surface area contributed by atoms with E-state index in [9.17, 15) is 0 Å². The van der Waals surface area contributed by atoms with Crippen LogP contribution in [0.2, 0.25) is 50.9 Å². The van der Waals surface area contributed by atoms with Crippen molar-refractivity contribution in [1.29, 1.82) is 0 Å². The lowest BCUT2D eigenvalue weighted by Crippen LogP contribution is -2.63. The lowest BCUT2D eigenvalue weighted by atomic mass is 11.8. The maximum atomic E-state index is 2.96. The number of rotatable bonds is 3. The van der Waals surface area contributed by atoms with Crippen LogP contribution in [0.15, 0.2) is 0 Å². The van der Waals surface area contributed by atoms with E-state index >= 15 is 0 Å². The molecular formula is C8H24AlNSi2. The predicted octanol–water partition coefficient (Wildman–Crippen LogP) is 3.21. The zero-order valence-electron chi connectivity index (χ0n) is 10.0. The Hall–Kier alpha value is 0.926. The van der Waals surface area contributed by atoms with Crippen LogP contribution in [0.1, 0.15) is 0 Å². The fourth-order valence-corrected chi connectivity index (χ4v) is 23.0. The van der Waals surface area contributed by atoms with Gasteiger partial charge in [-0.15, -0.1) is 0 Å². The number of hydrogen-bond donors (Lipinski definition) is 0. The van der Waals surface area contributed by atoms with Gasteiger partial charge in [0.2, 0.25) is 0 Å². The highest BCUT2D eigenvalue weighted by Gasteiger charge is 2.36. The van der Waals surface area contributed by atoms with E-state index in [2.05, 4.69) is 54.1 Å². The van der Waals surface area contributed by atoms with Gasteiger partial charge < -0.3 is 3.21 Å². The Kier molecular flexibility index (Phi) is 4.28. The number of hydrogen-bond acceptors (Lipinski definition) is 1. The standard InChI is InChI=1S/C6H18NSi2.2CH3.Al/c1-8(2,3)7-9(4,5)6;;;/h1-6H3;2*1H3;/q-1;;;+1. The first kappa shape index (κ1) is 12.9. The van der Waals surface area contributed by atoms with Gasteiger partial charge in [0.15, 0.2) is 0 Å².